The fourth-order valence-corrected chi connectivity index (χ4v) is 1.83. The maximum atomic E-state index is 5.64. The number of fused-ring (bicyclic) bond motifs is 1. The van der Waals surface area contributed by atoms with E-state index in [0.717, 1.165) is 28.9 Å². The van der Waals surface area contributed by atoms with Crippen molar-refractivity contribution in [3.05, 3.63) is 29.5 Å². The molecule has 2 N–H and O–H groups in total. The Labute approximate surface area is 88.8 Å². The molecule has 1 aromatic heterocycles. The van der Waals surface area contributed by atoms with Gasteiger partial charge in [-0.1, -0.05) is 0 Å². The van der Waals surface area contributed by atoms with Gasteiger partial charge in [0.15, 0.2) is 0 Å². The van der Waals surface area contributed by atoms with Crippen molar-refractivity contribution in [3.63, 3.8) is 0 Å². The Kier molecular flexibility index (Phi) is 2.64. The number of furan rings is 1. The second-order valence-electron chi connectivity index (χ2n) is 3.54. The van der Waals surface area contributed by atoms with Crippen molar-refractivity contribution in [1.82, 2.24) is 0 Å². The fraction of sp³-hybridized carbons (Fsp3) is 0.333. The molecule has 2 aromatic rings. The van der Waals surface area contributed by atoms with E-state index in [0.29, 0.717) is 6.54 Å². The van der Waals surface area contributed by atoms with E-state index >= 15 is 0 Å². The number of hydrogen-bond acceptors (Lipinski definition) is 3. The Balaban J connectivity index is 2.61. The molecule has 15 heavy (non-hydrogen) atoms. The molecule has 3 heteroatoms. The number of hydrogen-bond donors (Lipinski definition) is 1. The summed E-state index contributed by atoms with van der Waals surface area (Å²) < 4.78 is 10.8. The van der Waals surface area contributed by atoms with Crippen LogP contribution in [0.5, 0.6) is 5.75 Å². The molecule has 80 valence electrons. The van der Waals surface area contributed by atoms with Crippen LogP contribution in [0.1, 0.15) is 11.3 Å². The molecule has 0 saturated carbocycles. The van der Waals surface area contributed by atoms with Crippen LogP contribution in [0.15, 0.2) is 22.6 Å². The van der Waals surface area contributed by atoms with Gasteiger partial charge >= 0.3 is 0 Å². The van der Waals surface area contributed by atoms with Crippen LogP contribution in [-0.4, -0.2) is 13.7 Å². The van der Waals surface area contributed by atoms with Crippen molar-refractivity contribution in [2.24, 2.45) is 5.73 Å². The first kappa shape index (κ1) is 10.1. The molecule has 0 bridgehead atoms. The molecule has 0 spiro atoms. The number of rotatable bonds is 3. The molecule has 0 radical (unpaired) electrons. The van der Waals surface area contributed by atoms with E-state index in [1.165, 1.54) is 5.56 Å². The lowest BCUT2D eigenvalue weighted by Gasteiger charge is -2.00. The first-order valence-electron chi connectivity index (χ1n) is 5.02. The summed E-state index contributed by atoms with van der Waals surface area (Å²) in [4.78, 5) is 0. The molecule has 1 aromatic carbocycles. The summed E-state index contributed by atoms with van der Waals surface area (Å²) in [5.74, 6) is 1.80. The minimum absolute atomic E-state index is 0.632. The normalized spacial score (nSPS) is 10.9. The minimum Gasteiger partial charge on any atom is -0.497 e. The van der Waals surface area contributed by atoms with Crippen LogP contribution < -0.4 is 10.5 Å². The first-order valence-corrected chi connectivity index (χ1v) is 5.02. The second kappa shape index (κ2) is 3.95. The van der Waals surface area contributed by atoms with Crippen molar-refractivity contribution in [2.45, 2.75) is 13.3 Å². The highest BCUT2D eigenvalue weighted by Crippen LogP contribution is 2.28. The SMILES string of the molecule is COc1ccc2oc(C)c(CCN)c2c1. The van der Waals surface area contributed by atoms with E-state index in [4.69, 9.17) is 14.9 Å². The maximum absolute atomic E-state index is 5.64. The Morgan fingerprint density at radius 2 is 2.20 bits per heavy atom. The van der Waals surface area contributed by atoms with Crippen LogP contribution in [0.25, 0.3) is 11.0 Å². The quantitative estimate of drug-likeness (QED) is 0.836. The second-order valence-corrected chi connectivity index (χ2v) is 3.54. The van der Waals surface area contributed by atoms with Crippen LogP contribution >= 0.6 is 0 Å². The van der Waals surface area contributed by atoms with Gasteiger partial charge in [0, 0.05) is 10.9 Å². The summed E-state index contributed by atoms with van der Waals surface area (Å²) in [5.41, 5.74) is 7.66. The van der Waals surface area contributed by atoms with E-state index in [-0.39, 0.29) is 0 Å². The Hall–Kier alpha value is -1.48. The summed E-state index contributed by atoms with van der Waals surface area (Å²) in [6.07, 6.45) is 0.839. The Morgan fingerprint density at radius 3 is 2.87 bits per heavy atom. The van der Waals surface area contributed by atoms with Crippen molar-refractivity contribution >= 4 is 11.0 Å². The standard InChI is InChI=1S/C12H15NO2/c1-8-10(5-6-13)11-7-9(14-2)3-4-12(11)15-8/h3-4,7H,5-6,13H2,1-2H3. The molecule has 0 aliphatic heterocycles. The predicted molar refractivity (Wildman–Crippen MR) is 60.3 cm³/mol. The van der Waals surface area contributed by atoms with Crippen molar-refractivity contribution in [2.75, 3.05) is 13.7 Å². The van der Waals surface area contributed by atoms with E-state index in [9.17, 15) is 0 Å². The van der Waals surface area contributed by atoms with Crippen molar-refractivity contribution in [1.29, 1.82) is 0 Å². The van der Waals surface area contributed by atoms with Gasteiger partial charge in [0.05, 0.1) is 7.11 Å². The molecule has 3 nitrogen and oxygen atoms in total. The lowest BCUT2D eigenvalue weighted by molar-refractivity contribution is 0.415. The Morgan fingerprint density at radius 1 is 1.40 bits per heavy atom. The summed E-state index contributed by atoms with van der Waals surface area (Å²) >= 11 is 0. The van der Waals surface area contributed by atoms with Gasteiger partial charge in [0.1, 0.15) is 17.1 Å². The average Bonchev–Trinajstić information content (AvgIpc) is 2.55. The largest absolute Gasteiger partial charge is 0.497 e. The van der Waals surface area contributed by atoms with Gasteiger partial charge in [0.25, 0.3) is 0 Å². The van der Waals surface area contributed by atoms with Gasteiger partial charge < -0.3 is 14.9 Å². The van der Waals surface area contributed by atoms with Gasteiger partial charge in [-0.05, 0) is 38.1 Å². The van der Waals surface area contributed by atoms with Gasteiger partial charge in [-0.25, -0.2) is 0 Å². The van der Waals surface area contributed by atoms with E-state index < -0.39 is 0 Å². The molecule has 0 aliphatic rings. The highest BCUT2D eigenvalue weighted by molar-refractivity contribution is 5.83. The van der Waals surface area contributed by atoms with Crippen LogP contribution in [-0.2, 0) is 6.42 Å². The third kappa shape index (κ3) is 1.70. The molecule has 0 saturated heterocycles. The third-order valence-corrected chi connectivity index (χ3v) is 2.59. The van der Waals surface area contributed by atoms with E-state index in [1.807, 2.05) is 25.1 Å². The number of methoxy groups -OCH3 is 1. The molecule has 0 unspecified atom stereocenters. The lowest BCUT2D eigenvalue weighted by Crippen LogP contribution is -2.02. The smallest absolute Gasteiger partial charge is 0.134 e. The van der Waals surface area contributed by atoms with E-state index in [1.54, 1.807) is 7.11 Å². The summed E-state index contributed by atoms with van der Waals surface area (Å²) in [6, 6.07) is 5.83. The highest BCUT2D eigenvalue weighted by Gasteiger charge is 2.10. The monoisotopic (exact) mass is 205 g/mol. The molecular weight excluding hydrogens is 190 g/mol. The van der Waals surface area contributed by atoms with Crippen LogP contribution in [0.3, 0.4) is 0 Å². The number of benzene rings is 1. The number of aryl methyl sites for hydroxylation is 1. The summed E-state index contributed by atoms with van der Waals surface area (Å²) in [5, 5.41) is 1.11. The third-order valence-electron chi connectivity index (χ3n) is 2.59. The fourth-order valence-electron chi connectivity index (χ4n) is 1.83. The Bertz CT molecular complexity index is 474. The van der Waals surface area contributed by atoms with Crippen LogP contribution in [0.4, 0.5) is 0 Å². The van der Waals surface area contributed by atoms with Crippen LogP contribution in [0.2, 0.25) is 0 Å². The van der Waals surface area contributed by atoms with Crippen LogP contribution in [0, 0.1) is 6.92 Å². The molecule has 0 fully saturated rings. The summed E-state index contributed by atoms with van der Waals surface area (Å²) in [7, 11) is 1.66. The number of ether oxygens (including phenoxy) is 1. The predicted octanol–water partition coefficient (Wildman–Crippen LogP) is 2.25. The van der Waals surface area contributed by atoms with Crippen molar-refractivity contribution < 1.29 is 9.15 Å². The topological polar surface area (TPSA) is 48.4 Å². The average molecular weight is 205 g/mol. The highest BCUT2D eigenvalue weighted by atomic mass is 16.5. The molecule has 1 heterocycles. The summed E-state index contributed by atoms with van der Waals surface area (Å²) in [6.45, 7) is 2.60. The van der Waals surface area contributed by atoms with E-state index in [2.05, 4.69) is 0 Å². The zero-order valence-electron chi connectivity index (χ0n) is 9.04. The van der Waals surface area contributed by atoms with Crippen molar-refractivity contribution in [3.8, 4) is 5.75 Å². The molecule has 0 aliphatic carbocycles. The zero-order chi connectivity index (χ0) is 10.8. The molecular formula is C12H15NO2. The molecule has 0 amide bonds. The maximum Gasteiger partial charge on any atom is 0.134 e. The van der Waals surface area contributed by atoms with Gasteiger partial charge in [-0.15, -0.1) is 0 Å². The van der Waals surface area contributed by atoms with Gasteiger partial charge in [0.2, 0.25) is 0 Å². The first-order chi connectivity index (χ1) is 7.26. The zero-order valence-corrected chi connectivity index (χ0v) is 9.04. The van der Waals surface area contributed by atoms with Gasteiger partial charge in [-0.3, -0.25) is 0 Å². The minimum atomic E-state index is 0.632. The van der Waals surface area contributed by atoms with Gasteiger partial charge in [-0.2, -0.15) is 0 Å². The lowest BCUT2D eigenvalue weighted by atomic mass is 10.1. The molecule has 0 atom stereocenters. The molecule has 2 rings (SSSR count). The number of nitrogens with two attached hydrogens (primary N) is 1.